The van der Waals surface area contributed by atoms with Gasteiger partial charge >= 0.3 is 0 Å². The number of hydrogen-bond acceptors (Lipinski definition) is 7. The van der Waals surface area contributed by atoms with E-state index in [0.29, 0.717) is 38.0 Å². The molecule has 1 aromatic heterocycles. The first kappa shape index (κ1) is 34.8. The Morgan fingerprint density at radius 1 is 0.860 bits per heavy atom. The minimum absolute atomic E-state index is 0.199. The minimum Gasteiger partial charge on any atom is -0.378 e. The van der Waals surface area contributed by atoms with Crippen LogP contribution >= 0.6 is 0 Å². The Labute approximate surface area is 294 Å². The third-order valence-electron chi connectivity index (χ3n) is 9.17. The van der Waals surface area contributed by atoms with Crippen molar-refractivity contribution in [3.63, 3.8) is 0 Å². The molecule has 1 saturated heterocycles. The molecule has 2 atom stereocenters. The van der Waals surface area contributed by atoms with Crippen LogP contribution in [0.5, 0.6) is 0 Å². The molecule has 0 saturated carbocycles. The van der Waals surface area contributed by atoms with Gasteiger partial charge in [0.05, 0.1) is 25.8 Å². The van der Waals surface area contributed by atoms with Crippen molar-refractivity contribution in [3.8, 4) is 0 Å². The number of anilines is 1. The fourth-order valence-corrected chi connectivity index (χ4v) is 6.45. The number of carbonyl (C=O) groups excluding carboxylic acids is 2. The van der Waals surface area contributed by atoms with Crippen LogP contribution in [0.1, 0.15) is 58.7 Å². The van der Waals surface area contributed by atoms with Crippen LogP contribution in [-0.4, -0.2) is 60.7 Å². The van der Waals surface area contributed by atoms with Gasteiger partial charge in [-0.1, -0.05) is 72.8 Å². The van der Waals surface area contributed by atoms with E-state index in [2.05, 4.69) is 78.6 Å². The number of nitrogens with zero attached hydrogens (tertiary/aromatic N) is 2. The Balaban J connectivity index is 1.07. The lowest BCUT2D eigenvalue weighted by Gasteiger charge is -2.30. The van der Waals surface area contributed by atoms with Crippen molar-refractivity contribution in [1.82, 2.24) is 31.2 Å². The van der Waals surface area contributed by atoms with Gasteiger partial charge in [-0.3, -0.25) is 9.59 Å². The maximum absolute atomic E-state index is 13.8. The van der Waals surface area contributed by atoms with Gasteiger partial charge in [-0.05, 0) is 72.0 Å². The molecule has 6 rings (SSSR count). The zero-order chi connectivity index (χ0) is 34.5. The number of ether oxygens (including phenoxy) is 1. The number of aromatic nitrogens is 2. The van der Waals surface area contributed by atoms with E-state index in [-0.39, 0.29) is 17.9 Å². The summed E-state index contributed by atoms with van der Waals surface area (Å²) in [6.07, 6.45) is 4.73. The molecule has 0 aliphatic carbocycles. The first-order chi connectivity index (χ1) is 24.5. The van der Waals surface area contributed by atoms with Crippen molar-refractivity contribution >= 4 is 28.3 Å². The Morgan fingerprint density at radius 2 is 1.64 bits per heavy atom. The molecule has 0 unspecified atom stereocenters. The van der Waals surface area contributed by atoms with Gasteiger partial charge in [-0.15, -0.1) is 0 Å². The van der Waals surface area contributed by atoms with Gasteiger partial charge in [0.1, 0.15) is 11.9 Å². The molecule has 2 amide bonds. The van der Waals surface area contributed by atoms with Crippen LogP contribution in [0.3, 0.4) is 0 Å². The molecule has 5 N–H and O–H groups in total. The molecule has 4 aromatic carbocycles. The summed E-state index contributed by atoms with van der Waals surface area (Å²) in [4.78, 5) is 37.0. The van der Waals surface area contributed by atoms with E-state index in [1.54, 1.807) is 24.5 Å². The van der Waals surface area contributed by atoms with E-state index in [9.17, 15) is 9.59 Å². The number of fused-ring (bicyclic) bond motifs is 1. The fourth-order valence-electron chi connectivity index (χ4n) is 6.45. The van der Waals surface area contributed by atoms with E-state index in [0.717, 1.165) is 60.6 Å². The normalized spacial score (nSPS) is 14.3. The van der Waals surface area contributed by atoms with Crippen LogP contribution in [-0.2, 0) is 29.2 Å². The second-order valence-corrected chi connectivity index (χ2v) is 12.7. The van der Waals surface area contributed by atoms with Crippen molar-refractivity contribution in [2.45, 2.75) is 51.5 Å². The number of para-hydroxylation sites is 1. The van der Waals surface area contributed by atoms with Gasteiger partial charge in [-0.2, -0.15) is 0 Å². The number of carbonyl (C=O) groups is 2. The largest absolute Gasteiger partial charge is 0.378 e. The molecular formula is C40H47N7O3. The van der Waals surface area contributed by atoms with E-state index in [4.69, 9.17) is 4.74 Å². The fraction of sp³-hybridized carbons (Fsp3) is 0.325. The highest BCUT2D eigenvalue weighted by atomic mass is 16.5. The van der Waals surface area contributed by atoms with Crippen molar-refractivity contribution < 1.29 is 14.3 Å². The molecule has 5 aromatic rings. The molecule has 260 valence electrons. The van der Waals surface area contributed by atoms with Gasteiger partial charge in [-0.25, -0.2) is 4.98 Å². The maximum atomic E-state index is 13.8. The van der Waals surface area contributed by atoms with Crippen LogP contribution < -0.4 is 26.2 Å². The summed E-state index contributed by atoms with van der Waals surface area (Å²) in [5, 5.41) is 15.4. The predicted molar refractivity (Wildman–Crippen MR) is 198 cm³/mol. The van der Waals surface area contributed by atoms with Gasteiger partial charge in [0.2, 0.25) is 5.91 Å². The number of imidazole rings is 1. The Bertz CT molecular complexity index is 1820. The number of nitrogens with one attached hydrogen (secondary N) is 5. The Kier molecular flexibility index (Phi) is 12.2. The highest BCUT2D eigenvalue weighted by Gasteiger charge is 2.24. The average molecular weight is 674 g/mol. The molecular weight excluding hydrogens is 626 g/mol. The number of benzene rings is 4. The van der Waals surface area contributed by atoms with E-state index in [1.165, 1.54) is 11.3 Å². The molecule has 2 heterocycles. The first-order valence-electron chi connectivity index (χ1n) is 17.5. The summed E-state index contributed by atoms with van der Waals surface area (Å²) in [7, 11) is 0. The van der Waals surface area contributed by atoms with Crippen molar-refractivity contribution in [2.24, 2.45) is 0 Å². The number of rotatable bonds is 16. The Hall–Kier alpha value is -5.03. The van der Waals surface area contributed by atoms with E-state index >= 15 is 0 Å². The molecule has 1 aliphatic rings. The van der Waals surface area contributed by atoms with Gasteiger partial charge in [0, 0.05) is 49.8 Å². The third kappa shape index (κ3) is 9.35. The number of hydrogen-bond donors (Lipinski definition) is 5. The Morgan fingerprint density at radius 3 is 2.46 bits per heavy atom. The van der Waals surface area contributed by atoms with Gasteiger partial charge in [0.15, 0.2) is 0 Å². The van der Waals surface area contributed by atoms with Crippen molar-refractivity contribution in [3.05, 3.63) is 131 Å². The molecule has 10 nitrogen and oxygen atoms in total. The summed E-state index contributed by atoms with van der Waals surface area (Å²) < 4.78 is 5.54. The first-order valence-corrected chi connectivity index (χ1v) is 17.5. The maximum Gasteiger partial charge on any atom is 0.251 e. The SMILES string of the molecule is C[C@H](NC(=O)[C@H](CCCNCc1ccccc1N1CCOCC1)NC(=O)c1ccc(CNCc2ncc[nH]2)cc1)c1cccc2ccccc12. The number of morpholine rings is 1. The summed E-state index contributed by atoms with van der Waals surface area (Å²) >= 11 is 0. The summed E-state index contributed by atoms with van der Waals surface area (Å²) in [6.45, 7) is 7.93. The van der Waals surface area contributed by atoms with E-state index in [1.807, 2.05) is 43.3 Å². The predicted octanol–water partition coefficient (Wildman–Crippen LogP) is 5.24. The van der Waals surface area contributed by atoms with Crippen LogP contribution in [0.15, 0.2) is 103 Å². The minimum atomic E-state index is -0.697. The second kappa shape index (κ2) is 17.6. The van der Waals surface area contributed by atoms with Crippen LogP contribution in [0, 0.1) is 0 Å². The molecule has 0 spiro atoms. The van der Waals surface area contributed by atoms with Crippen LogP contribution in [0.4, 0.5) is 5.69 Å². The van der Waals surface area contributed by atoms with Crippen molar-refractivity contribution in [2.75, 3.05) is 37.7 Å². The third-order valence-corrected chi connectivity index (χ3v) is 9.17. The molecule has 50 heavy (non-hydrogen) atoms. The lowest BCUT2D eigenvalue weighted by molar-refractivity contribution is -0.123. The molecule has 1 aliphatic heterocycles. The molecule has 10 heteroatoms. The van der Waals surface area contributed by atoms with Crippen LogP contribution in [0.25, 0.3) is 10.8 Å². The summed E-state index contributed by atoms with van der Waals surface area (Å²) in [5.74, 6) is 0.397. The highest BCUT2D eigenvalue weighted by molar-refractivity contribution is 5.97. The number of aromatic amines is 1. The van der Waals surface area contributed by atoms with Gasteiger partial charge in [0.25, 0.3) is 5.91 Å². The monoisotopic (exact) mass is 673 g/mol. The topological polar surface area (TPSA) is 123 Å². The zero-order valence-electron chi connectivity index (χ0n) is 28.7. The summed E-state index contributed by atoms with van der Waals surface area (Å²) in [5.41, 5.74) is 5.07. The standard InChI is InChI=1S/C40H47N7O3/c1-29(34-12-6-10-31-8-2-4-11-35(31)34)45-40(49)36(13-7-19-41-27-33-9-3-5-14-37(33)47-22-24-50-25-23-47)46-39(48)32-17-15-30(16-18-32)26-42-28-38-43-20-21-44-38/h2-6,8-12,14-18,20-21,29,36,41-42H,7,13,19,22-28H2,1H3,(H,43,44)(H,45,49)(H,46,48)/t29-,36-/m0/s1. The smallest absolute Gasteiger partial charge is 0.251 e. The molecule has 0 bridgehead atoms. The second-order valence-electron chi connectivity index (χ2n) is 12.7. The summed E-state index contributed by atoms with van der Waals surface area (Å²) in [6, 6.07) is 29.3. The molecule has 1 fully saturated rings. The lowest BCUT2D eigenvalue weighted by Crippen LogP contribution is -2.47. The number of amides is 2. The quantitative estimate of drug-likeness (QED) is 0.0909. The lowest BCUT2D eigenvalue weighted by atomic mass is 9.99. The number of H-pyrrole nitrogens is 1. The van der Waals surface area contributed by atoms with Crippen LogP contribution in [0.2, 0.25) is 0 Å². The van der Waals surface area contributed by atoms with Crippen molar-refractivity contribution in [1.29, 1.82) is 0 Å². The molecule has 0 radical (unpaired) electrons. The zero-order valence-corrected chi connectivity index (χ0v) is 28.7. The van der Waals surface area contributed by atoms with Gasteiger partial charge < -0.3 is 35.9 Å². The van der Waals surface area contributed by atoms with E-state index < -0.39 is 6.04 Å². The highest BCUT2D eigenvalue weighted by Crippen LogP contribution is 2.25. The average Bonchev–Trinajstić information content (AvgIpc) is 3.68.